The molecule has 0 aromatic carbocycles. The molecular formula is C16H27NO3. The monoisotopic (exact) mass is 281 g/mol. The first kappa shape index (κ1) is 15.3. The van der Waals surface area contributed by atoms with Crippen molar-refractivity contribution in [1.29, 1.82) is 0 Å². The van der Waals surface area contributed by atoms with E-state index in [2.05, 4.69) is 13.8 Å². The summed E-state index contributed by atoms with van der Waals surface area (Å²) in [5, 5.41) is 9.48. The second kappa shape index (κ2) is 6.15. The minimum absolute atomic E-state index is 0.108. The van der Waals surface area contributed by atoms with Crippen LogP contribution in [0.1, 0.15) is 65.2 Å². The molecule has 20 heavy (non-hydrogen) atoms. The highest BCUT2D eigenvalue weighted by molar-refractivity contribution is 6.03. The van der Waals surface area contributed by atoms with Crippen molar-refractivity contribution in [3.8, 4) is 0 Å². The predicted octanol–water partition coefficient (Wildman–Crippen LogP) is 3.06. The van der Waals surface area contributed by atoms with Gasteiger partial charge in [0.2, 0.25) is 5.91 Å². The summed E-state index contributed by atoms with van der Waals surface area (Å²) in [4.78, 5) is 26.3. The van der Waals surface area contributed by atoms with Crippen LogP contribution in [0.15, 0.2) is 0 Å². The second-order valence-corrected chi connectivity index (χ2v) is 6.86. The van der Waals surface area contributed by atoms with Gasteiger partial charge in [-0.3, -0.25) is 9.59 Å². The van der Waals surface area contributed by atoms with Gasteiger partial charge in [0.15, 0.2) is 0 Å². The van der Waals surface area contributed by atoms with Crippen molar-refractivity contribution in [2.75, 3.05) is 6.54 Å². The average Bonchev–Trinajstić information content (AvgIpc) is 2.80. The third-order valence-corrected chi connectivity index (χ3v) is 5.00. The highest BCUT2D eigenvalue weighted by Crippen LogP contribution is 2.44. The van der Waals surface area contributed by atoms with E-state index in [1.807, 2.05) is 4.90 Å². The molecule has 2 aliphatic rings. The van der Waals surface area contributed by atoms with Gasteiger partial charge in [0, 0.05) is 12.6 Å². The number of aliphatic carboxylic acids is 1. The van der Waals surface area contributed by atoms with E-state index >= 15 is 0 Å². The van der Waals surface area contributed by atoms with Crippen LogP contribution < -0.4 is 0 Å². The van der Waals surface area contributed by atoms with Gasteiger partial charge < -0.3 is 10.0 Å². The Morgan fingerprint density at radius 1 is 1.20 bits per heavy atom. The highest BCUT2D eigenvalue weighted by Gasteiger charge is 2.53. The van der Waals surface area contributed by atoms with Gasteiger partial charge in [-0.2, -0.15) is 0 Å². The number of carboxylic acid groups (broad SMARTS) is 1. The number of hydrogen-bond acceptors (Lipinski definition) is 2. The largest absolute Gasteiger partial charge is 0.480 e. The fourth-order valence-electron chi connectivity index (χ4n) is 3.39. The molecule has 0 bridgehead atoms. The van der Waals surface area contributed by atoms with Gasteiger partial charge in [0.25, 0.3) is 0 Å². The van der Waals surface area contributed by atoms with Crippen molar-refractivity contribution >= 4 is 11.9 Å². The van der Waals surface area contributed by atoms with E-state index in [1.165, 1.54) is 0 Å². The van der Waals surface area contributed by atoms with Crippen LogP contribution in [-0.4, -0.2) is 34.5 Å². The SMILES string of the molecule is CC(C)CCN(C(=O)C1(C(=O)O)CCC1)C1CCCC1. The van der Waals surface area contributed by atoms with Crippen molar-refractivity contribution < 1.29 is 14.7 Å². The fraction of sp³-hybridized carbons (Fsp3) is 0.875. The van der Waals surface area contributed by atoms with Crippen LogP contribution >= 0.6 is 0 Å². The van der Waals surface area contributed by atoms with Gasteiger partial charge in [-0.1, -0.05) is 33.1 Å². The normalized spacial score (nSPS) is 21.8. The maximum absolute atomic E-state index is 12.8. The average molecular weight is 281 g/mol. The molecule has 2 fully saturated rings. The van der Waals surface area contributed by atoms with Gasteiger partial charge in [-0.05, 0) is 38.0 Å². The smallest absolute Gasteiger partial charge is 0.319 e. The molecule has 0 radical (unpaired) electrons. The Morgan fingerprint density at radius 3 is 2.20 bits per heavy atom. The maximum Gasteiger partial charge on any atom is 0.319 e. The Bertz CT molecular complexity index is 368. The lowest BCUT2D eigenvalue weighted by Crippen LogP contribution is -2.55. The quantitative estimate of drug-likeness (QED) is 0.761. The summed E-state index contributed by atoms with van der Waals surface area (Å²) >= 11 is 0. The Labute approximate surface area is 121 Å². The molecule has 0 aromatic rings. The van der Waals surface area contributed by atoms with Gasteiger partial charge >= 0.3 is 5.97 Å². The number of amides is 1. The van der Waals surface area contributed by atoms with Gasteiger partial charge in [-0.15, -0.1) is 0 Å². The van der Waals surface area contributed by atoms with Gasteiger partial charge in [-0.25, -0.2) is 0 Å². The molecule has 0 heterocycles. The Balaban J connectivity index is 2.12. The van der Waals surface area contributed by atoms with E-state index in [9.17, 15) is 14.7 Å². The fourth-order valence-corrected chi connectivity index (χ4v) is 3.39. The van der Waals surface area contributed by atoms with Crippen LogP contribution in [0.3, 0.4) is 0 Å². The lowest BCUT2D eigenvalue weighted by atomic mass is 9.67. The molecule has 4 heteroatoms. The second-order valence-electron chi connectivity index (χ2n) is 6.86. The summed E-state index contributed by atoms with van der Waals surface area (Å²) in [6.45, 7) is 5.01. The standard InChI is InChI=1S/C16H27NO3/c1-12(2)8-11-17(13-6-3-4-7-13)14(18)16(15(19)20)9-5-10-16/h12-13H,3-11H2,1-2H3,(H,19,20). The third-order valence-electron chi connectivity index (χ3n) is 5.00. The van der Waals surface area contributed by atoms with Crippen LogP contribution in [0.5, 0.6) is 0 Å². The highest BCUT2D eigenvalue weighted by atomic mass is 16.4. The molecule has 0 spiro atoms. The topological polar surface area (TPSA) is 57.6 Å². The minimum atomic E-state index is -1.10. The summed E-state index contributed by atoms with van der Waals surface area (Å²) in [6.07, 6.45) is 7.27. The number of carbonyl (C=O) groups excluding carboxylic acids is 1. The molecular weight excluding hydrogens is 254 g/mol. The van der Waals surface area contributed by atoms with E-state index < -0.39 is 11.4 Å². The summed E-state index contributed by atoms with van der Waals surface area (Å²) in [5.74, 6) is -0.487. The Hall–Kier alpha value is -1.06. The van der Waals surface area contributed by atoms with Crippen molar-refractivity contribution in [1.82, 2.24) is 4.90 Å². The number of carboxylic acids is 1. The van der Waals surface area contributed by atoms with Crippen LogP contribution in [0.25, 0.3) is 0 Å². The molecule has 0 aliphatic heterocycles. The molecule has 2 saturated carbocycles. The minimum Gasteiger partial charge on any atom is -0.480 e. The van der Waals surface area contributed by atoms with Crippen molar-refractivity contribution in [3.63, 3.8) is 0 Å². The summed E-state index contributed by atoms with van der Waals surface area (Å²) in [7, 11) is 0. The molecule has 2 aliphatic carbocycles. The number of hydrogen-bond donors (Lipinski definition) is 1. The van der Waals surface area contributed by atoms with Crippen LogP contribution in [0.2, 0.25) is 0 Å². The van der Waals surface area contributed by atoms with E-state index in [0.717, 1.165) is 45.1 Å². The summed E-state index contributed by atoms with van der Waals surface area (Å²) in [6, 6.07) is 0.276. The molecule has 0 unspecified atom stereocenters. The lowest BCUT2D eigenvalue weighted by Gasteiger charge is -2.42. The predicted molar refractivity (Wildman–Crippen MR) is 77.3 cm³/mol. The first-order chi connectivity index (χ1) is 9.47. The molecule has 4 nitrogen and oxygen atoms in total. The van der Waals surface area contributed by atoms with Gasteiger partial charge in [0.1, 0.15) is 5.41 Å². The Morgan fingerprint density at radius 2 is 1.80 bits per heavy atom. The third kappa shape index (κ3) is 2.84. The van der Waals surface area contributed by atoms with E-state index in [-0.39, 0.29) is 11.9 Å². The van der Waals surface area contributed by atoms with Crippen molar-refractivity contribution in [2.24, 2.45) is 11.3 Å². The van der Waals surface area contributed by atoms with E-state index in [0.29, 0.717) is 18.8 Å². The zero-order valence-electron chi connectivity index (χ0n) is 12.7. The van der Waals surface area contributed by atoms with Crippen LogP contribution in [-0.2, 0) is 9.59 Å². The molecule has 1 N–H and O–H groups in total. The van der Waals surface area contributed by atoms with E-state index in [1.54, 1.807) is 0 Å². The number of rotatable bonds is 6. The van der Waals surface area contributed by atoms with E-state index in [4.69, 9.17) is 0 Å². The lowest BCUT2D eigenvalue weighted by molar-refractivity contribution is -0.168. The molecule has 0 saturated heterocycles. The van der Waals surface area contributed by atoms with Crippen molar-refractivity contribution in [3.05, 3.63) is 0 Å². The molecule has 114 valence electrons. The molecule has 0 aromatic heterocycles. The zero-order valence-corrected chi connectivity index (χ0v) is 12.7. The van der Waals surface area contributed by atoms with Crippen LogP contribution in [0.4, 0.5) is 0 Å². The van der Waals surface area contributed by atoms with Crippen molar-refractivity contribution in [2.45, 2.75) is 71.3 Å². The van der Waals surface area contributed by atoms with Gasteiger partial charge in [0.05, 0.1) is 0 Å². The maximum atomic E-state index is 12.8. The van der Waals surface area contributed by atoms with Crippen LogP contribution in [0, 0.1) is 11.3 Å². The molecule has 2 rings (SSSR count). The summed E-state index contributed by atoms with van der Waals surface area (Å²) in [5.41, 5.74) is -1.10. The first-order valence-electron chi connectivity index (χ1n) is 8.02. The number of carbonyl (C=O) groups is 2. The Kier molecular flexibility index (Phi) is 4.71. The zero-order chi connectivity index (χ0) is 14.8. The molecule has 0 atom stereocenters. The summed E-state index contributed by atoms with van der Waals surface area (Å²) < 4.78 is 0. The number of nitrogens with zero attached hydrogens (tertiary/aromatic N) is 1. The first-order valence-corrected chi connectivity index (χ1v) is 8.02. The molecule has 1 amide bonds.